The molecular weight excluding hydrogens is 280 g/mol. The first-order valence-electron chi connectivity index (χ1n) is 7.36. The number of carbonyl (C=O) groups is 1. The van der Waals surface area contributed by atoms with Gasteiger partial charge in [-0.2, -0.15) is 5.10 Å². The van der Waals surface area contributed by atoms with Gasteiger partial charge in [-0.3, -0.25) is 4.68 Å². The van der Waals surface area contributed by atoms with E-state index in [2.05, 4.69) is 15.7 Å². The second kappa shape index (κ2) is 8.19. The molecule has 1 aromatic carbocycles. The lowest BCUT2D eigenvalue weighted by molar-refractivity contribution is 0.215. The van der Waals surface area contributed by atoms with Crippen LogP contribution in [0.25, 0.3) is 0 Å². The summed E-state index contributed by atoms with van der Waals surface area (Å²) < 4.78 is 1.84. The second-order valence-electron chi connectivity index (χ2n) is 5.33. The van der Waals surface area contributed by atoms with Crippen molar-refractivity contribution in [3.05, 3.63) is 54.4 Å². The molecule has 6 nitrogen and oxygen atoms in total. The number of amides is 2. The monoisotopic (exact) mass is 302 g/mol. The Balaban J connectivity index is 1.77. The number of aliphatic hydroxyl groups excluding tert-OH is 1. The Morgan fingerprint density at radius 3 is 2.73 bits per heavy atom. The number of aliphatic hydroxyl groups is 1. The Morgan fingerprint density at radius 1 is 1.32 bits per heavy atom. The van der Waals surface area contributed by atoms with Crippen LogP contribution < -0.4 is 10.6 Å². The molecule has 0 aliphatic carbocycles. The van der Waals surface area contributed by atoms with Gasteiger partial charge in [0.25, 0.3) is 0 Å². The largest absolute Gasteiger partial charge is 0.394 e. The van der Waals surface area contributed by atoms with Crippen molar-refractivity contribution in [2.24, 2.45) is 5.92 Å². The molecule has 0 aliphatic rings. The SMILES string of the molecule is CC(CNC(=O)N[C@H](CO)c1ccccc1)Cn1cccn1. The lowest BCUT2D eigenvalue weighted by Gasteiger charge is -2.18. The highest BCUT2D eigenvalue weighted by molar-refractivity contribution is 5.74. The van der Waals surface area contributed by atoms with Gasteiger partial charge in [0.15, 0.2) is 0 Å². The van der Waals surface area contributed by atoms with E-state index >= 15 is 0 Å². The van der Waals surface area contributed by atoms with Crippen LogP contribution in [0.2, 0.25) is 0 Å². The number of nitrogens with zero attached hydrogens (tertiary/aromatic N) is 2. The highest BCUT2D eigenvalue weighted by atomic mass is 16.3. The van der Waals surface area contributed by atoms with Gasteiger partial charge < -0.3 is 15.7 Å². The van der Waals surface area contributed by atoms with Gasteiger partial charge in [-0.15, -0.1) is 0 Å². The van der Waals surface area contributed by atoms with Gasteiger partial charge in [0.05, 0.1) is 12.6 Å². The average Bonchev–Trinajstić information content (AvgIpc) is 3.04. The number of hydrogen-bond donors (Lipinski definition) is 3. The summed E-state index contributed by atoms with van der Waals surface area (Å²) in [7, 11) is 0. The average molecular weight is 302 g/mol. The van der Waals surface area contributed by atoms with Crippen LogP contribution in [0.15, 0.2) is 48.8 Å². The zero-order valence-corrected chi connectivity index (χ0v) is 12.6. The van der Waals surface area contributed by atoms with Crippen molar-refractivity contribution >= 4 is 6.03 Å². The number of urea groups is 1. The zero-order valence-electron chi connectivity index (χ0n) is 12.6. The number of carbonyl (C=O) groups excluding carboxylic acids is 1. The molecule has 3 N–H and O–H groups in total. The van der Waals surface area contributed by atoms with E-state index in [0.29, 0.717) is 6.54 Å². The van der Waals surface area contributed by atoms with E-state index in [0.717, 1.165) is 12.1 Å². The van der Waals surface area contributed by atoms with Crippen molar-refractivity contribution in [1.82, 2.24) is 20.4 Å². The Hall–Kier alpha value is -2.34. The first-order valence-corrected chi connectivity index (χ1v) is 7.36. The van der Waals surface area contributed by atoms with Crippen LogP contribution in [0, 0.1) is 5.92 Å². The van der Waals surface area contributed by atoms with E-state index in [-0.39, 0.29) is 18.6 Å². The maximum absolute atomic E-state index is 11.9. The maximum atomic E-state index is 11.9. The molecule has 2 atom stereocenters. The van der Waals surface area contributed by atoms with Crippen LogP contribution in [0.5, 0.6) is 0 Å². The number of rotatable bonds is 7. The van der Waals surface area contributed by atoms with Crippen LogP contribution in [-0.2, 0) is 6.54 Å². The van der Waals surface area contributed by atoms with Gasteiger partial charge in [-0.25, -0.2) is 4.79 Å². The molecule has 0 aliphatic heterocycles. The summed E-state index contributed by atoms with van der Waals surface area (Å²) >= 11 is 0. The quantitative estimate of drug-likeness (QED) is 0.726. The number of benzene rings is 1. The van der Waals surface area contributed by atoms with Gasteiger partial charge >= 0.3 is 6.03 Å². The van der Waals surface area contributed by atoms with Crippen molar-refractivity contribution in [2.45, 2.75) is 19.5 Å². The minimum Gasteiger partial charge on any atom is -0.394 e. The molecule has 0 fully saturated rings. The van der Waals surface area contributed by atoms with Crippen molar-refractivity contribution in [3.63, 3.8) is 0 Å². The van der Waals surface area contributed by atoms with E-state index in [4.69, 9.17) is 0 Å². The second-order valence-corrected chi connectivity index (χ2v) is 5.33. The van der Waals surface area contributed by atoms with Crippen molar-refractivity contribution in [2.75, 3.05) is 13.2 Å². The summed E-state index contributed by atoms with van der Waals surface area (Å²) in [6, 6.07) is 10.6. The smallest absolute Gasteiger partial charge is 0.315 e. The standard InChI is InChI=1S/C16H22N4O2/c1-13(11-20-9-5-8-18-20)10-17-16(22)19-15(12-21)14-6-3-2-4-7-14/h2-9,13,15,21H,10-12H2,1H3,(H2,17,19,22)/t13?,15-/m1/s1. The molecule has 0 spiro atoms. The molecule has 1 unspecified atom stereocenters. The third-order valence-corrected chi connectivity index (χ3v) is 3.36. The number of aromatic nitrogens is 2. The number of hydrogen-bond acceptors (Lipinski definition) is 3. The molecular formula is C16H22N4O2. The summed E-state index contributed by atoms with van der Waals surface area (Å²) in [5.41, 5.74) is 0.879. The highest BCUT2D eigenvalue weighted by Crippen LogP contribution is 2.11. The summed E-state index contributed by atoms with van der Waals surface area (Å²) in [4.78, 5) is 11.9. The Kier molecular flexibility index (Phi) is 5.97. The third kappa shape index (κ3) is 4.89. The molecule has 0 saturated carbocycles. The van der Waals surface area contributed by atoms with E-state index in [1.54, 1.807) is 6.20 Å². The van der Waals surface area contributed by atoms with Crippen molar-refractivity contribution < 1.29 is 9.90 Å². The van der Waals surface area contributed by atoms with Crippen molar-refractivity contribution in [1.29, 1.82) is 0 Å². The van der Waals surface area contributed by atoms with Gasteiger partial charge in [0.2, 0.25) is 0 Å². The maximum Gasteiger partial charge on any atom is 0.315 e. The van der Waals surface area contributed by atoms with E-state index in [1.807, 2.05) is 54.2 Å². The zero-order chi connectivity index (χ0) is 15.8. The van der Waals surface area contributed by atoms with Crippen LogP contribution in [0.1, 0.15) is 18.5 Å². The molecule has 0 bridgehead atoms. The third-order valence-electron chi connectivity index (χ3n) is 3.36. The van der Waals surface area contributed by atoms with Crippen LogP contribution >= 0.6 is 0 Å². The van der Waals surface area contributed by atoms with Crippen LogP contribution in [0.4, 0.5) is 4.79 Å². The summed E-state index contributed by atoms with van der Waals surface area (Å²) in [5, 5.41) is 19.2. The van der Waals surface area contributed by atoms with Gasteiger partial charge in [0.1, 0.15) is 0 Å². The molecule has 22 heavy (non-hydrogen) atoms. The summed E-state index contributed by atoms with van der Waals surface area (Å²) in [6.45, 7) is 3.19. The van der Waals surface area contributed by atoms with Crippen LogP contribution in [-0.4, -0.2) is 34.1 Å². The molecule has 2 rings (SSSR count). The Morgan fingerprint density at radius 2 is 2.09 bits per heavy atom. The predicted octanol–water partition coefficient (Wildman–Crippen LogP) is 1.55. The summed E-state index contributed by atoms with van der Waals surface area (Å²) in [6.07, 6.45) is 3.63. The van der Waals surface area contributed by atoms with E-state index < -0.39 is 6.04 Å². The fraction of sp³-hybridized carbons (Fsp3) is 0.375. The lowest BCUT2D eigenvalue weighted by Crippen LogP contribution is -2.41. The molecule has 2 amide bonds. The lowest BCUT2D eigenvalue weighted by atomic mass is 10.1. The first-order chi connectivity index (χ1) is 10.7. The fourth-order valence-corrected chi connectivity index (χ4v) is 2.19. The topological polar surface area (TPSA) is 79.2 Å². The Labute approximate surface area is 130 Å². The summed E-state index contributed by atoms with van der Waals surface area (Å²) in [5.74, 6) is 0.259. The molecule has 2 aromatic rings. The van der Waals surface area contributed by atoms with E-state index in [9.17, 15) is 9.90 Å². The minimum absolute atomic E-state index is 0.139. The van der Waals surface area contributed by atoms with E-state index in [1.165, 1.54) is 0 Å². The van der Waals surface area contributed by atoms with Gasteiger partial charge in [0, 0.05) is 25.5 Å². The molecule has 0 radical (unpaired) electrons. The fourth-order valence-electron chi connectivity index (χ4n) is 2.19. The normalized spacial score (nSPS) is 13.4. The first kappa shape index (κ1) is 16.0. The molecule has 118 valence electrons. The predicted molar refractivity (Wildman–Crippen MR) is 84.2 cm³/mol. The molecule has 1 aromatic heterocycles. The number of nitrogens with one attached hydrogen (secondary N) is 2. The minimum atomic E-state index is -0.400. The van der Waals surface area contributed by atoms with Gasteiger partial charge in [-0.1, -0.05) is 37.3 Å². The Bertz CT molecular complexity index is 557. The van der Waals surface area contributed by atoms with Crippen molar-refractivity contribution in [3.8, 4) is 0 Å². The molecule has 0 saturated heterocycles. The van der Waals surface area contributed by atoms with Crippen LogP contribution in [0.3, 0.4) is 0 Å². The molecule has 6 heteroatoms. The molecule has 1 heterocycles. The van der Waals surface area contributed by atoms with Gasteiger partial charge in [-0.05, 0) is 17.5 Å². The highest BCUT2D eigenvalue weighted by Gasteiger charge is 2.13.